The topological polar surface area (TPSA) is 38.7 Å². The van der Waals surface area contributed by atoms with Crippen molar-refractivity contribution < 1.29 is 36.0 Å². The molecule has 0 radical (unpaired) electrons. The van der Waals surface area contributed by atoms with E-state index in [0.717, 1.165) is 42.0 Å². The molecule has 0 fully saturated rings. The Balaban J connectivity index is 0.00000218. The molecule has 0 saturated heterocycles. The molecule has 4 nitrogen and oxygen atoms in total. The zero-order chi connectivity index (χ0) is 20.2. The Morgan fingerprint density at radius 2 is 2.03 bits per heavy atom. The van der Waals surface area contributed by atoms with E-state index in [0.29, 0.717) is 6.42 Å². The zero-order valence-corrected chi connectivity index (χ0v) is 19.5. The highest BCUT2D eigenvalue weighted by atomic mass is 79.9. The summed E-state index contributed by atoms with van der Waals surface area (Å²) in [5, 5.41) is 10.3. The molecule has 0 bridgehead atoms. The number of methoxy groups -OCH3 is 1. The van der Waals surface area contributed by atoms with Crippen molar-refractivity contribution in [1.29, 1.82) is 0 Å². The number of halogens is 1. The van der Waals surface area contributed by atoms with Crippen molar-refractivity contribution in [1.82, 2.24) is 0 Å². The molecule has 0 saturated carbocycles. The van der Waals surface area contributed by atoms with E-state index in [4.69, 9.17) is 9.47 Å². The maximum absolute atomic E-state index is 10.3. The largest absolute Gasteiger partial charge is 1.00 e. The minimum absolute atomic E-state index is 0. The van der Waals surface area contributed by atoms with Gasteiger partial charge in [0.1, 0.15) is 19.2 Å². The van der Waals surface area contributed by atoms with Gasteiger partial charge in [-0.3, -0.25) is 0 Å². The Morgan fingerprint density at radius 3 is 2.77 bits per heavy atom. The molecule has 2 unspecified atom stereocenters. The third-order valence-corrected chi connectivity index (χ3v) is 7.18. The summed E-state index contributed by atoms with van der Waals surface area (Å²) in [6.07, 6.45) is 5.38. The summed E-state index contributed by atoms with van der Waals surface area (Å²) in [6.45, 7) is 5.24. The standard InChI is InChI=1S/C25H30NO3.BrH/c1-17-13-21(28-3)24-23-20(17)16-26(2,15-18-7-5-4-6-8-18)12-11-25(23)10-9-19(27)14-22(25)29-24;/h4-10,13,19,22,27H,11-12,14-16H2,1-3H3;1H/q+1;/p-1/t19-,22-,25?,26?;/m1./s1. The van der Waals surface area contributed by atoms with Gasteiger partial charge in [0.05, 0.1) is 32.2 Å². The van der Waals surface area contributed by atoms with Gasteiger partial charge >= 0.3 is 0 Å². The predicted octanol–water partition coefficient (Wildman–Crippen LogP) is 0.878. The Kier molecular flexibility index (Phi) is 5.50. The molecule has 1 aliphatic carbocycles. The van der Waals surface area contributed by atoms with Crippen LogP contribution in [0.25, 0.3) is 0 Å². The van der Waals surface area contributed by atoms with Crippen molar-refractivity contribution in [3.8, 4) is 11.5 Å². The first-order valence-electron chi connectivity index (χ1n) is 10.6. The van der Waals surface area contributed by atoms with Crippen LogP contribution in [-0.4, -0.2) is 42.5 Å². The summed E-state index contributed by atoms with van der Waals surface area (Å²) in [4.78, 5) is 0. The Bertz CT molecular complexity index is 976. The molecule has 2 aromatic rings. The third kappa shape index (κ3) is 3.28. The van der Waals surface area contributed by atoms with Crippen molar-refractivity contribution in [3.05, 3.63) is 70.8 Å². The van der Waals surface area contributed by atoms with Gasteiger partial charge in [-0.25, -0.2) is 0 Å². The highest BCUT2D eigenvalue weighted by Crippen LogP contribution is 2.57. The fourth-order valence-electron chi connectivity index (χ4n) is 5.65. The van der Waals surface area contributed by atoms with Crippen LogP contribution in [0.2, 0.25) is 0 Å². The first-order chi connectivity index (χ1) is 13.9. The van der Waals surface area contributed by atoms with Gasteiger partial charge in [0, 0.05) is 29.5 Å². The smallest absolute Gasteiger partial charge is 0.166 e. The lowest BCUT2D eigenvalue weighted by molar-refractivity contribution is -0.935. The van der Waals surface area contributed by atoms with Crippen LogP contribution < -0.4 is 26.5 Å². The van der Waals surface area contributed by atoms with E-state index in [1.807, 2.05) is 6.08 Å². The van der Waals surface area contributed by atoms with Crippen molar-refractivity contribution in [2.24, 2.45) is 0 Å². The van der Waals surface area contributed by atoms with E-state index in [-0.39, 0.29) is 28.5 Å². The lowest BCUT2D eigenvalue weighted by atomic mass is 9.68. The molecule has 5 heteroatoms. The second-order valence-electron chi connectivity index (χ2n) is 9.28. The van der Waals surface area contributed by atoms with E-state index in [1.54, 1.807) is 7.11 Å². The molecule has 30 heavy (non-hydrogen) atoms. The van der Waals surface area contributed by atoms with Crippen molar-refractivity contribution >= 4 is 0 Å². The summed E-state index contributed by atoms with van der Waals surface area (Å²) < 4.78 is 13.2. The van der Waals surface area contributed by atoms with E-state index >= 15 is 0 Å². The monoisotopic (exact) mass is 471 g/mol. The van der Waals surface area contributed by atoms with Crippen LogP contribution >= 0.6 is 0 Å². The van der Waals surface area contributed by atoms with E-state index in [2.05, 4.69) is 56.4 Å². The van der Waals surface area contributed by atoms with Crippen LogP contribution in [0.3, 0.4) is 0 Å². The Morgan fingerprint density at radius 1 is 1.27 bits per heavy atom. The molecule has 4 atom stereocenters. The van der Waals surface area contributed by atoms with Gasteiger partial charge < -0.3 is 36.0 Å². The molecule has 2 aliphatic heterocycles. The lowest BCUT2D eigenvalue weighted by Gasteiger charge is -2.37. The summed E-state index contributed by atoms with van der Waals surface area (Å²) in [5.41, 5.74) is 5.16. The van der Waals surface area contributed by atoms with Gasteiger partial charge in [-0.05, 0) is 18.6 Å². The van der Waals surface area contributed by atoms with Gasteiger partial charge in [-0.2, -0.15) is 0 Å². The summed E-state index contributed by atoms with van der Waals surface area (Å²) >= 11 is 0. The van der Waals surface area contributed by atoms with E-state index < -0.39 is 6.10 Å². The lowest BCUT2D eigenvalue weighted by Crippen LogP contribution is -3.00. The fraction of sp³-hybridized carbons (Fsp3) is 0.440. The Labute approximate surface area is 189 Å². The summed E-state index contributed by atoms with van der Waals surface area (Å²) in [7, 11) is 4.09. The van der Waals surface area contributed by atoms with E-state index in [1.165, 1.54) is 22.3 Å². The maximum Gasteiger partial charge on any atom is 0.166 e. The SMILES string of the molecule is COc1cc(C)c2c3c1O[C@@H]1C[C@H](O)C=CC31CC[N+](C)(Cc1ccccc1)C2.[Br-]. The number of benzene rings is 2. The number of nitrogens with zero attached hydrogens (tertiary/aromatic N) is 1. The number of rotatable bonds is 3. The molecule has 3 aliphatic rings. The normalized spacial score (nSPS) is 31.1. The average molecular weight is 472 g/mol. The molecule has 2 aromatic carbocycles. The number of ether oxygens (including phenoxy) is 2. The van der Waals surface area contributed by atoms with Crippen LogP contribution in [0.5, 0.6) is 11.5 Å². The van der Waals surface area contributed by atoms with Crippen LogP contribution in [0.1, 0.15) is 35.1 Å². The van der Waals surface area contributed by atoms with Gasteiger partial charge in [-0.15, -0.1) is 0 Å². The quantitative estimate of drug-likeness (QED) is 0.533. The van der Waals surface area contributed by atoms with Gasteiger partial charge in [-0.1, -0.05) is 42.5 Å². The van der Waals surface area contributed by atoms with Gasteiger partial charge in [0.25, 0.3) is 0 Å². The van der Waals surface area contributed by atoms with Gasteiger partial charge in [0.15, 0.2) is 11.5 Å². The molecule has 0 amide bonds. The van der Waals surface area contributed by atoms with Crippen molar-refractivity contribution in [3.63, 3.8) is 0 Å². The zero-order valence-electron chi connectivity index (χ0n) is 17.9. The Hall–Kier alpha value is -1.82. The molecule has 5 rings (SSSR count). The minimum atomic E-state index is -0.441. The molecule has 2 heterocycles. The molecule has 160 valence electrons. The number of quaternary nitrogens is 1. The highest BCUT2D eigenvalue weighted by Gasteiger charge is 2.55. The third-order valence-electron chi connectivity index (χ3n) is 7.18. The number of aliphatic hydroxyl groups is 1. The number of hydrogen-bond acceptors (Lipinski definition) is 3. The van der Waals surface area contributed by atoms with Crippen LogP contribution in [0, 0.1) is 6.92 Å². The maximum atomic E-state index is 10.3. The highest BCUT2D eigenvalue weighted by molar-refractivity contribution is 5.63. The predicted molar refractivity (Wildman–Crippen MR) is 113 cm³/mol. The molecule has 1 N–H and O–H groups in total. The summed E-state index contributed by atoms with van der Waals surface area (Å²) in [6, 6.07) is 12.9. The van der Waals surface area contributed by atoms with Crippen LogP contribution in [-0.2, 0) is 18.5 Å². The van der Waals surface area contributed by atoms with E-state index in [9.17, 15) is 5.11 Å². The van der Waals surface area contributed by atoms with Crippen LogP contribution in [0.15, 0.2) is 48.6 Å². The van der Waals surface area contributed by atoms with Crippen molar-refractivity contribution in [2.45, 2.75) is 50.5 Å². The molecule has 0 aromatic heterocycles. The van der Waals surface area contributed by atoms with Crippen molar-refractivity contribution in [2.75, 3.05) is 20.7 Å². The average Bonchev–Trinajstić information content (AvgIpc) is 2.97. The van der Waals surface area contributed by atoms with Crippen LogP contribution in [0.4, 0.5) is 0 Å². The molecular formula is C25H30BrNO3. The second kappa shape index (κ2) is 7.70. The van der Waals surface area contributed by atoms with Gasteiger partial charge in [0.2, 0.25) is 0 Å². The molecular weight excluding hydrogens is 442 g/mol. The fourth-order valence-corrected chi connectivity index (χ4v) is 5.65. The number of aryl methyl sites for hydroxylation is 1. The number of hydrogen-bond donors (Lipinski definition) is 1. The number of aliphatic hydroxyl groups excluding tert-OH is 1. The minimum Gasteiger partial charge on any atom is -1.00 e. The first kappa shape index (κ1) is 21.4. The second-order valence-corrected chi connectivity index (χ2v) is 9.28. The molecule has 1 spiro atoms. The summed E-state index contributed by atoms with van der Waals surface area (Å²) in [5.74, 6) is 1.71. The first-order valence-corrected chi connectivity index (χ1v) is 10.6.